The molecule has 0 spiro atoms. The van der Waals surface area contributed by atoms with Crippen LogP contribution in [-0.2, 0) is 6.61 Å². The highest BCUT2D eigenvalue weighted by Gasteiger charge is 2.01. The number of fused-ring (bicyclic) bond motifs is 1. The van der Waals surface area contributed by atoms with Crippen molar-refractivity contribution >= 4 is 10.8 Å². The second-order valence-electron chi connectivity index (χ2n) is 3.75. The average Bonchev–Trinajstić information content (AvgIpc) is 2.46. The third kappa shape index (κ3) is 2.27. The van der Waals surface area contributed by atoms with Crippen LogP contribution in [0.15, 0.2) is 48.8 Å². The van der Waals surface area contributed by atoms with Gasteiger partial charge in [0.1, 0.15) is 12.8 Å². The topological polar surface area (TPSA) is 47.9 Å². The summed E-state index contributed by atoms with van der Waals surface area (Å²) in [5.41, 5.74) is 0. The minimum Gasteiger partial charge on any atom is -0.469 e. The molecule has 1 radical (unpaired) electrons. The normalized spacial score (nSPS) is 10.4. The van der Waals surface area contributed by atoms with E-state index in [2.05, 4.69) is 21.1 Å². The number of ether oxygens (including phenoxy) is 1. The quantitative estimate of drug-likeness (QED) is 0.700. The van der Waals surface area contributed by atoms with Gasteiger partial charge in [0.2, 0.25) is 5.88 Å². The Morgan fingerprint density at radius 1 is 1.06 bits per heavy atom. The number of pyridine rings is 1. The first-order valence-electron chi connectivity index (χ1n) is 5.58. The van der Waals surface area contributed by atoms with Gasteiger partial charge in [-0.2, -0.15) is 0 Å². The predicted octanol–water partition coefficient (Wildman–Crippen LogP) is 2.40. The van der Waals surface area contributed by atoms with Crippen LogP contribution in [-0.4, -0.2) is 15.0 Å². The molecule has 0 N–H and O–H groups in total. The zero-order valence-corrected chi connectivity index (χ0v) is 9.58. The number of hydrogen-bond acceptors (Lipinski definition) is 4. The van der Waals surface area contributed by atoms with Crippen molar-refractivity contribution in [3.63, 3.8) is 0 Å². The molecule has 0 aliphatic rings. The second kappa shape index (κ2) is 4.79. The zero-order chi connectivity index (χ0) is 12.2. The minimum atomic E-state index is 0.306. The van der Waals surface area contributed by atoms with Gasteiger partial charge in [-0.15, -0.1) is 0 Å². The van der Waals surface area contributed by atoms with Crippen molar-refractivity contribution in [2.75, 3.05) is 0 Å². The lowest BCUT2D eigenvalue weighted by Crippen LogP contribution is -2.01. The van der Waals surface area contributed by atoms with Crippen LogP contribution in [0.25, 0.3) is 10.8 Å². The molecule has 3 aromatic rings. The van der Waals surface area contributed by atoms with E-state index in [4.69, 9.17) is 4.74 Å². The van der Waals surface area contributed by atoms with Gasteiger partial charge in [-0.25, -0.2) is 15.0 Å². The monoisotopic (exact) mass is 236 g/mol. The molecule has 0 amide bonds. The summed E-state index contributed by atoms with van der Waals surface area (Å²) in [7, 11) is 0. The molecule has 0 bridgehead atoms. The van der Waals surface area contributed by atoms with E-state index in [0.29, 0.717) is 18.3 Å². The van der Waals surface area contributed by atoms with Gasteiger partial charge in [0.05, 0.1) is 0 Å². The molecule has 0 saturated carbocycles. The number of benzene rings is 1. The third-order valence-electron chi connectivity index (χ3n) is 2.49. The lowest BCUT2D eigenvalue weighted by Gasteiger charge is -2.04. The molecule has 18 heavy (non-hydrogen) atoms. The van der Waals surface area contributed by atoms with Crippen molar-refractivity contribution in [1.82, 2.24) is 15.0 Å². The molecule has 4 heteroatoms. The van der Waals surface area contributed by atoms with E-state index < -0.39 is 0 Å². The number of aromatic nitrogens is 3. The summed E-state index contributed by atoms with van der Waals surface area (Å²) in [4.78, 5) is 12.3. The van der Waals surface area contributed by atoms with E-state index >= 15 is 0 Å². The van der Waals surface area contributed by atoms with E-state index in [1.165, 1.54) is 0 Å². The molecule has 0 aliphatic carbocycles. The van der Waals surface area contributed by atoms with E-state index in [9.17, 15) is 0 Å². The van der Waals surface area contributed by atoms with Crippen LogP contribution in [0.5, 0.6) is 5.88 Å². The maximum Gasteiger partial charge on any atom is 0.214 e. The van der Waals surface area contributed by atoms with E-state index in [1.807, 2.05) is 30.3 Å². The first-order valence-corrected chi connectivity index (χ1v) is 5.58. The summed E-state index contributed by atoms with van der Waals surface area (Å²) in [6.45, 7) is 0.306. The summed E-state index contributed by atoms with van der Waals surface area (Å²) in [5, 5.41) is 2.03. The van der Waals surface area contributed by atoms with Gasteiger partial charge in [-0.1, -0.05) is 24.3 Å². The molecular formula is C14H10N3O. The molecule has 0 saturated heterocycles. The lowest BCUT2D eigenvalue weighted by atomic mass is 10.2. The highest BCUT2D eigenvalue weighted by atomic mass is 16.5. The lowest BCUT2D eigenvalue weighted by molar-refractivity contribution is 0.284. The Balaban J connectivity index is 1.79. The van der Waals surface area contributed by atoms with Gasteiger partial charge >= 0.3 is 0 Å². The Kier molecular flexibility index (Phi) is 2.84. The van der Waals surface area contributed by atoms with Crippen molar-refractivity contribution in [3.05, 3.63) is 60.8 Å². The van der Waals surface area contributed by atoms with E-state index in [0.717, 1.165) is 10.8 Å². The predicted molar refractivity (Wildman–Crippen MR) is 66.9 cm³/mol. The van der Waals surface area contributed by atoms with Gasteiger partial charge in [0.25, 0.3) is 0 Å². The van der Waals surface area contributed by atoms with Crippen molar-refractivity contribution in [2.24, 2.45) is 0 Å². The standard InChI is InChI=1S/C14H10N3O/c1-2-5-12-9-17-14(8-11(12)4-1)18-10-13-15-6-3-7-16-13/h1-8H,10H2. The maximum atomic E-state index is 5.53. The number of hydrogen-bond donors (Lipinski definition) is 0. The largest absolute Gasteiger partial charge is 0.469 e. The van der Waals surface area contributed by atoms with Crippen molar-refractivity contribution in [2.45, 2.75) is 6.61 Å². The first kappa shape index (κ1) is 10.7. The van der Waals surface area contributed by atoms with Gasteiger partial charge in [-0.3, -0.25) is 0 Å². The smallest absolute Gasteiger partial charge is 0.214 e. The van der Waals surface area contributed by atoms with Gasteiger partial charge < -0.3 is 4.74 Å². The Morgan fingerprint density at radius 2 is 1.89 bits per heavy atom. The Bertz CT molecular complexity index is 655. The average molecular weight is 236 g/mol. The van der Waals surface area contributed by atoms with Crippen LogP contribution in [0.2, 0.25) is 0 Å². The molecule has 2 aromatic heterocycles. The van der Waals surface area contributed by atoms with Crippen LogP contribution in [0, 0.1) is 6.20 Å². The number of rotatable bonds is 3. The molecule has 4 nitrogen and oxygen atoms in total. The van der Waals surface area contributed by atoms with Crippen molar-refractivity contribution in [3.8, 4) is 5.88 Å². The molecule has 0 fully saturated rings. The maximum absolute atomic E-state index is 5.53. The van der Waals surface area contributed by atoms with Gasteiger partial charge in [0, 0.05) is 23.8 Å². The third-order valence-corrected chi connectivity index (χ3v) is 2.49. The van der Waals surface area contributed by atoms with Crippen LogP contribution < -0.4 is 4.74 Å². The van der Waals surface area contributed by atoms with Gasteiger partial charge in [-0.05, 0) is 11.5 Å². The van der Waals surface area contributed by atoms with Crippen molar-refractivity contribution < 1.29 is 4.74 Å². The fourth-order valence-corrected chi connectivity index (χ4v) is 1.62. The van der Waals surface area contributed by atoms with Crippen LogP contribution >= 0.6 is 0 Å². The first-order chi connectivity index (χ1) is 8.92. The summed E-state index contributed by atoms with van der Waals surface area (Å²) >= 11 is 0. The molecule has 87 valence electrons. The van der Waals surface area contributed by atoms with E-state index in [1.54, 1.807) is 18.5 Å². The highest BCUT2D eigenvalue weighted by molar-refractivity contribution is 5.81. The van der Waals surface area contributed by atoms with Gasteiger partial charge in [0.15, 0.2) is 5.82 Å². The van der Waals surface area contributed by atoms with Crippen molar-refractivity contribution in [1.29, 1.82) is 0 Å². The SMILES string of the molecule is [c]1nc(OCc2ncccn2)cc2ccccc12. The fraction of sp³-hybridized carbons (Fsp3) is 0.0714. The van der Waals surface area contributed by atoms with Crippen LogP contribution in [0.1, 0.15) is 5.82 Å². The second-order valence-corrected chi connectivity index (χ2v) is 3.75. The zero-order valence-electron chi connectivity index (χ0n) is 9.58. The molecule has 3 rings (SSSR count). The number of nitrogens with zero attached hydrogens (tertiary/aromatic N) is 3. The molecule has 1 aromatic carbocycles. The summed E-state index contributed by atoms with van der Waals surface area (Å²) in [6.07, 6.45) is 6.31. The Labute approximate surface area is 104 Å². The molecular weight excluding hydrogens is 226 g/mol. The van der Waals surface area contributed by atoms with E-state index in [-0.39, 0.29) is 0 Å². The van der Waals surface area contributed by atoms with Crippen LogP contribution in [0.4, 0.5) is 0 Å². The highest BCUT2D eigenvalue weighted by Crippen LogP contribution is 2.17. The molecule has 0 atom stereocenters. The summed E-state index contributed by atoms with van der Waals surface area (Å²) in [5.74, 6) is 1.16. The minimum absolute atomic E-state index is 0.306. The van der Waals surface area contributed by atoms with Crippen LogP contribution in [0.3, 0.4) is 0 Å². The molecule has 0 unspecified atom stereocenters. The fourth-order valence-electron chi connectivity index (χ4n) is 1.62. The summed E-state index contributed by atoms with van der Waals surface area (Å²) < 4.78 is 5.53. The molecule has 2 heterocycles. The molecule has 0 aliphatic heterocycles. The Morgan fingerprint density at radius 3 is 2.78 bits per heavy atom. The Hall–Kier alpha value is -2.49. The summed E-state index contributed by atoms with van der Waals surface area (Å²) in [6, 6.07) is 11.5.